The number of aromatic hydroxyl groups is 1. The molecule has 0 aliphatic carbocycles. The van der Waals surface area contributed by atoms with E-state index in [1.54, 1.807) is 12.1 Å². The second kappa shape index (κ2) is 23.7. The summed E-state index contributed by atoms with van der Waals surface area (Å²) < 4.78 is 11.3. The van der Waals surface area contributed by atoms with Crippen molar-refractivity contribution in [1.29, 1.82) is 0 Å². The fraction of sp³-hybridized carbons (Fsp3) is 0.536. The number of carbonyl (C=O) groups is 1. The molecule has 6 nitrogen and oxygen atoms in total. The number of rotatable bonds is 12. The van der Waals surface area contributed by atoms with Crippen LogP contribution in [0.2, 0.25) is 0 Å². The highest BCUT2D eigenvalue weighted by Gasteiger charge is 2.15. The summed E-state index contributed by atoms with van der Waals surface area (Å²) in [5, 5.41) is 19.5. The summed E-state index contributed by atoms with van der Waals surface area (Å²) in [5.41, 5.74) is 2.18. The van der Waals surface area contributed by atoms with E-state index in [0.717, 1.165) is 18.2 Å². The number of hydrogen-bond acceptors (Lipinski definition) is 5. The van der Waals surface area contributed by atoms with E-state index in [9.17, 15) is 9.90 Å². The quantitative estimate of drug-likeness (QED) is 0.393. The van der Waals surface area contributed by atoms with Crippen molar-refractivity contribution in [3.05, 3.63) is 65.7 Å². The maximum atomic E-state index is 12.4. The molecule has 0 spiro atoms. The van der Waals surface area contributed by atoms with Crippen LogP contribution in [0.4, 0.5) is 0 Å². The highest BCUT2D eigenvalue weighted by Crippen LogP contribution is 2.12. The van der Waals surface area contributed by atoms with Gasteiger partial charge in [-0.2, -0.15) is 0 Å². The number of carbonyl (C=O) groups excluding carboxylic acids is 1. The first-order valence-electron chi connectivity index (χ1n) is 12.3. The number of phenols is 1. The van der Waals surface area contributed by atoms with Gasteiger partial charge in [0.1, 0.15) is 5.75 Å². The van der Waals surface area contributed by atoms with Gasteiger partial charge in [-0.3, -0.25) is 4.79 Å². The Labute approximate surface area is 207 Å². The van der Waals surface area contributed by atoms with Crippen LogP contribution in [0.1, 0.15) is 59.1 Å². The van der Waals surface area contributed by atoms with Crippen molar-refractivity contribution in [3.8, 4) is 5.75 Å². The number of phenolic OH excluding ortho intramolecular Hbond substituents is 1. The zero-order valence-electron chi connectivity index (χ0n) is 22.2. The highest BCUT2D eigenvalue weighted by molar-refractivity contribution is 5.76. The molecular formula is C28H47NO5. The Morgan fingerprint density at radius 3 is 2.06 bits per heavy atom. The topological polar surface area (TPSA) is 88.0 Å². The molecule has 0 aromatic heterocycles. The van der Waals surface area contributed by atoms with E-state index in [1.165, 1.54) is 0 Å². The molecule has 194 valence electrons. The Morgan fingerprint density at radius 1 is 0.912 bits per heavy atom. The SMILES string of the molecule is CC.CC.CCO[C@H](C)COCC(Cc1ccc(O)cc1)NC(=O)CCc1ccccc1.CO. The Kier molecular flexibility index (Phi) is 23.6. The van der Waals surface area contributed by atoms with Crippen LogP contribution in [0.3, 0.4) is 0 Å². The summed E-state index contributed by atoms with van der Waals surface area (Å²) in [5.74, 6) is 0.239. The number of hydrogen-bond donors (Lipinski definition) is 3. The van der Waals surface area contributed by atoms with Gasteiger partial charge in [0.05, 0.1) is 25.4 Å². The normalized spacial score (nSPS) is 11.3. The van der Waals surface area contributed by atoms with Crippen LogP contribution < -0.4 is 5.32 Å². The van der Waals surface area contributed by atoms with Gasteiger partial charge in [-0.05, 0) is 49.9 Å². The van der Waals surface area contributed by atoms with Crippen molar-refractivity contribution in [2.45, 2.75) is 73.0 Å². The number of aliphatic hydroxyl groups is 1. The number of ether oxygens (including phenoxy) is 2. The van der Waals surface area contributed by atoms with Crippen LogP contribution in [0, 0.1) is 0 Å². The molecule has 0 bridgehead atoms. The second-order valence-corrected chi connectivity index (χ2v) is 6.92. The first kappa shape index (κ1) is 33.8. The number of amides is 1. The Balaban J connectivity index is 0. The summed E-state index contributed by atoms with van der Waals surface area (Å²) in [6.45, 7) is 13.5. The van der Waals surface area contributed by atoms with Crippen molar-refractivity contribution in [2.24, 2.45) is 0 Å². The van der Waals surface area contributed by atoms with Gasteiger partial charge in [0.15, 0.2) is 0 Å². The molecule has 2 rings (SSSR count). The molecular weight excluding hydrogens is 430 g/mol. The molecule has 1 unspecified atom stereocenters. The summed E-state index contributed by atoms with van der Waals surface area (Å²) in [6.07, 6.45) is 1.81. The zero-order chi connectivity index (χ0) is 26.2. The number of benzene rings is 2. The fourth-order valence-corrected chi connectivity index (χ4v) is 2.98. The predicted molar refractivity (Wildman–Crippen MR) is 141 cm³/mol. The van der Waals surface area contributed by atoms with Crippen LogP contribution in [0.5, 0.6) is 5.75 Å². The molecule has 2 atom stereocenters. The van der Waals surface area contributed by atoms with Gasteiger partial charge < -0.3 is 25.0 Å². The molecule has 34 heavy (non-hydrogen) atoms. The minimum Gasteiger partial charge on any atom is -0.508 e. The maximum Gasteiger partial charge on any atom is 0.220 e. The first-order chi connectivity index (χ1) is 16.6. The number of aliphatic hydroxyl groups excluding tert-OH is 1. The van der Waals surface area contributed by atoms with E-state index < -0.39 is 0 Å². The third-order valence-electron chi connectivity index (χ3n) is 4.39. The molecule has 2 aromatic carbocycles. The summed E-state index contributed by atoms with van der Waals surface area (Å²) in [4.78, 5) is 12.4. The van der Waals surface area contributed by atoms with Crippen LogP contribution in [-0.2, 0) is 27.1 Å². The lowest BCUT2D eigenvalue weighted by Gasteiger charge is -2.20. The number of nitrogens with one attached hydrogen (secondary N) is 1. The predicted octanol–water partition coefficient (Wildman–Crippen LogP) is 5.15. The lowest BCUT2D eigenvalue weighted by atomic mass is 10.1. The van der Waals surface area contributed by atoms with Gasteiger partial charge >= 0.3 is 0 Å². The molecule has 0 radical (unpaired) electrons. The molecule has 0 saturated carbocycles. The molecule has 2 aromatic rings. The zero-order valence-corrected chi connectivity index (χ0v) is 22.2. The molecule has 0 fully saturated rings. The van der Waals surface area contributed by atoms with Crippen LogP contribution in [0.15, 0.2) is 54.6 Å². The summed E-state index contributed by atoms with van der Waals surface area (Å²) in [6, 6.07) is 16.9. The third-order valence-corrected chi connectivity index (χ3v) is 4.39. The van der Waals surface area contributed by atoms with Crippen molar-refractivity contribution in [1.82, 2.24) is 5.32 Å². The average molecular weight is 478 g/mol. The molecule has 0 saturated heterocycles. The highest BCUT2D eigenvalue weighted by atomic mass is 16.5. The van der Waals surface area contributed by atoms with E-state index in [4.69, 9.17) is 14.6 Å². The van der Waals surface area contributed by atoms with Crippen molar-refractivity contribution in [3.63, 3.8) is 0 Å². The van der Waals surface area contributed by atoms with Crippen molar-refractivity contribution >= 4 is 5.91 Å². The molecule has 6 heteroatoms. The van der Waals surface area contributed by atoms with Gasteiger partial charge in [-0.1, -0.05) is 70.2 Å². The van der Waals surface area contributed by atoms with Crippen LogP contribution >= 0.6 is 0 Å². The monoisotopic (exact) mass is 477 g/mol. The van der Waals surface area contributed by atoms with Gasteiger partial charge in [-0.15, -0.1) is 0 Å². The van der Waals surface area contributed by atoms with Crippen LogP contribution in [0.25, 0.3) is 0 Å². The van der Waals surface area contributed by atoms with E-state index in [2.05, 4.69) is 5.32 Å². The van der Waals surface area contributed by atoms with E-state index in [1.807, 2.05) is 84.0 Å². The van der Waals surface area contributed by atoms with Gasteiger partial charge in [0.25, 0.3) is 0 Å². The third kappa shape index (κ3) is 17.1. The molecule has 3 N–H and O–H groups in total. The largest absolute Gasteiger partial charge is 0.508 e. The Morgan fingerprint density at radius 2 is 1.50 bits per heavy atom. The van der Waals surface area contributed by atoms with E-state index >= 15 is 0 Å². The van der Waals surface area contributed by atoms with Crippen molar-refractivity contribution < 1.29 is 24.5 Å². The van der Waals surface area contributed by atoms with Crippen LogP contribution in [-0.4, -0.2) is 55.2 Å². The Bertz CT molecular complexity index is 692. The minimum absolute atomic E-state index is 0.00841. The second-order valence-electron chi connectivity index (χ2n) is 6.92. The standard InChI is InChI=1S/C23H31NO4.2C2H6.CH4O/c1-3-28-18(2)16-27-17-21(15-20-9-12-22(25)13-10-20)24-23(26)14-11-19-7-5-4-6-8-19;3*1-2/h4-10,12-13,18,21,25H,3,11,14-17H2,1-2H3,(H,24,26);2*1-2H3;2H,1H3/t18-,21?;;;/m1.../s1. The number of aryl methyl sites for hydroxylation is 1. The summed E-state index contributed by atoms with van der Waals surface area (Å²) >= 11 is 0. The smallest absolute Gasteiger partial charge is 0.220 e. The Hall–Kier alpha value is -2.41. The average Bonchev–Trinajstić information content (AvgIpc) is 2.88. The molecule has 0 aliphatic heterocycles. The van der Waals surface area contributed by atoms with Gasteiger partial charge in [-0.25, -0.2) is 0 Å². The molecule has 1 amide bonds. The fourth-order valence-electron chi connectivity index (χ4n) is 2.98. The van der Waals surface area contributed by atoms with Gasteiger partial charge in [0.2, 0.25) is 5.91 Å². The molecule has 0 heterocycles. The first-order valence-corrected chi connectivity index (χ1v) is 12.3. The lowest BCUT2D eigenvalue weighted by molar-refractivity contribution is -0.122. The summed E-state index contributed by atoms with van der Waals surface area (Å²) in [7, 11) is 1.00. The van der Waals surface area contributed by atoms with Gasteiger partial charge in [0, 0.05) is 20.1 Å². The molecule has 0 aliphatic rings. The maximum absolute atomic E-state index is 12.4. The minimum atomic E-state index is -0.137. The van der Waals surface area contributed by atoms with E-state index in [-0.39, 0.29) is 23.8 Å². The van der Waals surface area contributed by atoms with E-state index in [0.29, 0.717) is 39.1 Å². The lowest BCUT2D eigenvalue weighted by Crippen LogP contribution is -2.40. The van der Waals surface area contributed by atoms with Crippen molar-refractivity contribution in [2.75, 3.05) is 26.9 Å².